The lowest BCUT2D eigenvalue weighted by molar-refractivity contribution is -0.724. The Morgan fingerprint density at radius 1 is 1.44 bits per heavy atom. The molecular formula is C11H14N5+. The Morgan fingerprint density at radius 3 is 3.19 bits per heavy atom. The number of nitrogens with one attached hydrogen (secondary N) is 3. The number of benzene rings is 1. The predicted octanol–water partition coefficient (Wildman–Crippen LogP) is 0.363. The zero-order valence-electron chi connectivity index (χ0n) is 9.12. The Hall–Kier alpha value is -2.04. The fraction of sp³-hybridized carbons (Fsp3) is 0.273. The van der Waals surface area contributed by atoms with Gasteiger partial charge in [-0.2, -0.15) is 5.10 Å². The predicted molar refractivity (Wildman–Crippen MR) is 63.4 cm³/mol. The number of aliphatic imine (C=N–C) groups is 1. The number of hydrogen-bond donors (Lipinski definition) is 3. The molecule has 0 saturated heterocycles. The van der Waals surface area contributed by atoms with Gasteiger partial charge in [0.05, 0.1) is 17.6 Å². The van der Waals surface area contributed by atoms with Gasteiger partial charge in [0.15, 0.2) is 13.0 Å². The second kappa shape index (κ2) is 3.52. The minimum atomic E-state index is 0.846. The fourth-order valence-corrected chi connectivity index (χ4v) is 1.94. The molecule has 0 radical (unpaired) electrons. The third-order valence-corrected chi connectivity index (χ3v) is 2.65. The first kappa shape index (κ1) is 9.21. The molecule has 0 aliphatic carbocycles. The van der Waals surface area contributed by atoms with Crippen molar-refractivity contribution in [2.75, 3.05) is 18.4 Å². The summed E-state index contributed by atoms with van der Waals surface area (Å²) < 4.78 is 1.94. The van der Waals surface area contributed by atoms with Gasteiger partial charge in [0, 0.05) is 6.54 Å². The van der Waals surface area contributed by atoms with E-state index in [0.29, 0.717) is 0 Å². The van der Waals surface area contributed by atoms with Gasteiger partial charge in [-0.3, -0.25) is 4.99 Å². The molecule has 82 valence electrons. The standard InChI is InChI=1S/C11H13N5/c1-16-7-8-9(3-2-4-10(8)15-16)14-11-12-5-6-13-11/h2-4,7H,5-6H2,1H3,(H2,12,13,14,15)/p+1. The first-order chi connectivity index (χ1) is 7.83. The number of aryl methyl sites for hydroxylation is 1. The van der Waals surface area contributed by atoms with Gasteiger partial charge in [-0.1, -0.05) is 6.07 Å². The maximum Gasteiger partial charge on any atom is 0.205 e. The first-order valence-corrected chi connectivity index (χ1v) is 5.36. The average Bonchev–Trinajstić information content (AvgIpc) is 2.86. The van der Waals surface area contributed by atoms with Crippen molar-refractivity contribution >= 4 is 22.5 Å². The van der Waals surface area contributed by atoms with Crippen LogP contribution in [0.25, 0.3) is 10.9 Å². The van der Waals surface area contributed by atoms with Crippen LogP contribution in [0.2, 0.25) is 0 Å². The summed E-state index contributed by atoms with van der Waals surface area (Å²) in [7, 11) is 1.98. The molecule has 0 spiro atoms. The number of fused-ring (bicyclic) bond motifs is 1. The summed E-state index contributed by atoms with van der Waals surface area (Å²) in [6.07, 6.45) is 2.06. The summed E-state index contributed by atoms with van der Waals surface area (Å²) in [6.45, 7) is 1.76. The molecule has 1 aromatic carbocycles. The van der Waals surface area contributed by atoms with Crippen LogP contribution in [0, 0.1) is 0 Å². The van der Waals surface area contributed by atoms with E-state index >= 15 is 0 Å². The maximum atomic E-state index is 4.32. The smallest absolute Gasteiger partial charge is 0.205 e. The molecule has 1 aliphatic rings. The molecule has 0 unspecified atom stereocenters. The van der Waals surface area contributed by atoms with Crippen LogP contribution < -0.4 is 15.3 Å². The Balaban J connectivity index is 2.02. The number of guanidine groups is 1. The zero-order valence-corrected chi connectivity index (χ0v) is 9.12. The molecule has 1 aliphatic heterocycles. The van der Waals surface area contributed by atoms with E-state index in [2.05, 4.69) is 39.1 Å². The van der Waals surface area contributed by atoms with Crippen LogP contribution in [0.4, 0.5) is 5.69 Å². The number of hydrogen-bond acceptors (Lipinski definition) is 3. The monoisotopic (exact) mass is 216 g/mol. The summed E-state index contributed by atoms with van der Waals surface area (Å²) >= 11 is 0. The van der Waals surface area contributed by atoms with E-state index in [4.69, 9.17) is 0 Å². The minimum absolute atomic E-state index is 0.846. The number of anilines is 1. The van der Waals surface area contributed by atoms with Crippen LogP contribution >= 0.6 is 0 Å². The zero-order chi connectivity index (χ0) is 11.0. The summed E-state index contributed by atoms with van der Waals surface area (Å²) in [6, 6.07) is 6.14. The topological polar surface area (TPSA) is 56.1 Å². The molecule has 0 amide bonds. The van der Waals surface area contributed by atoms with Crippen LogP contribution in [0.5, 0.6) is 0 Å². The van der Waals surface area contributed by atoms with E-state index in [1.165, 1.54) is 5.39 Å². The lowest BCUT2D eigenvalue weighted by Gasteiger charge is -2.05. The highest BCUT2D eigenvalue weighted by molar-refractivity contribution is 6.02. The highest BCUT2D eigenvalue weighted by Gasteiger charge is 2.11. The normalized spacial score (nSPS) is 14.9. The van der Waals surface area contributed by atoms with Gasteiger partial charge in [0.25, 0.3) is 0 Å². The van der Waals surface area contributed by atoms with Gasteiger partial charge in [-0.15, -0.1) is 4.68 Å². The molecular weight excluding hydrogens is 202 g/mol. The highest BCUT2D eigenvalue weighted by Crippen LogP contribution is 2.20. The molecule has 1 aromatic heterocycles. The molecule has 3 N–H and O–H groups in total. The van der Waals surface area contributed by atoms with Crippen molar-refractivity contribution in [3.63, 3.8) is 0 Å². The molecule has 0 fully saturated rings. The van der Waals surface area contributed by atoms with E-state index in [0.717, 1.165) is 30.3 Å². The van der Waals surface area contributed by atoms with E-state index in [9.17, 15) is 0 Å². The quantitative estimate of drug-likeness (QED) is 0.603. The molecule has 3 rings (SSSR count). The molecule has 16 heavy (non-hydrogen) atoms. The van der Waals surface area contributed by atoms with E-state index in [-0.39, 0.29) is 0 Å². The van der Waals surface area contributed by atoms with E-state index < -0.39 is 0 Å². The molecule has 5 nitrogen and oxygen atoms in total. The lowest BCUT2D eigenvalue weighted by Crippen LogP contribution is -2.28. The van der Waals surface area contributed by atoms with Crippen molar-refractivity contribution in [2.24, 2.45) is 12.0 Å². The SMILES string of the molecule is C[n+]1cc2c(NC3=NCCN3)cccc2[nH]1. The highest BCUT2D eigenvalue weighted by atomic mass is 15.3. The van der Waals surface area contributed by atoms with Crippen LogP contribution in [-0.4, -0.2) is 24.1 Å². The number of H-pyrrole nitrogens is 1. The lowest BCUT2D eigenvalue weighted by atomic mass is 10.2. The Bertz CT molecular complexity index is 555. The molecule has 2 aromatic rings. The second-order valence-corrected chi connectivity index (χ2v) is 3.90. The number of rotatable bonds is 1. The van der Waals surface area contributed by atoms with E-state index in [1.54, 1.807) is 0 Å². The Kier molecular flexibility index (Phi) is 2.02. The fourth-order valence-electron chi connectivity index (χ4n) is 1.94. The van der Waals surface area contributed by atoms with Crippen LogP contribution in [0.1, 0.15) is 0 Å². The summed E-state index contributed by atoms with van der Waals surface area (Å²) in [5, 5.41) is 10.9. The third kappa shape index (κ3) is 1.50. The van der Waals surface area contributed by atoms with Gasteiger partial charge in [-0.25, -0.2) is 0 Å². The van der Waals surface area contributed by atoms with Crippen molar-refractivity contribution in [3.05, 3.63) is 24.4 Å². The van der Waals surface area contributed by atoms with Crippen LogP contribution in [0.3, 0.4) is 0 Å². The van der Waals surface area contributed by atoms with Gasteiger partial charge in [0.2, 0.25) is 6.20 Å². The average molecular weight is 216 g/mol. The second-order valence-electron chi connectivity index (χ2n) is 3.90. The summed E-state index contributed by atoms with van der Waals surface area (Å²) in [5.41, 5.74) is 2.19. The van der Waals surface area contributed by atoms with Crippen molar-refractivity contribution in [3.8, 4) is 0 Å². The Morgan fingerprint density at radius 2 is 2.38 bits per heavy atom. The van der Waals surface area contributed by atoms with E-state index in [1.807, 2.05) is 17.8 Å². The number of aromatic nitrogens is 2. The number of nitrogens with zero attached hydrogens (tertiary/aromatic N) is 2. The first-order valence-electron chi connectivity index (χ1n) is 5.36. The van der Waals surface area contributed by atoms with Gasteiger partial charge >= 0.3 is 0 Å². The molecule has 0 bridgehead atoms. The van der Waals surface area contributed by atoms with Crippen molar-refractivity contribution in [2.45, 2.75) is 0 Å². The Labute approximate surface area is 93.2 Å². The molecule has 5 heteroatoms. The van der Waals surface area contributed by atoms with Gasteiger partial charge < -0.3 is 10.6 Å². The minimum Gasteiger partial charge on any atom is -0.354 e. The maximum absolute atomic E-state index is 4.32. The summed E-state index contributed by atoms with van der Waals surface area (Å²) in [5.74, 6) is 0.858. The molecule has 0 saturated carbocycles. The van der Waals surface area contributed by atoms with Gasteiger partial charge in [0.1, 0.15) is 5.52 Å². The largest absolute Gasteiger partial charge is 0.354 e. The van der Waals surface area contributed by atoms with Crippen LogP contribution in [0.15, 0.2) is 29.4 Å². The van der Waals surface area contributed by atoms with Crippen molar-refractivity contribution in [1.82, 2.24) is 10.4 Å². The third-order valence-electron chi connectivity index (χ3n) is 2.65. The van der Waals surface area contributed by atoms with Gasteiger partial charge in [-0.05, 0) is 12.1 Å². The van der Waals surface area contributed by atoms with Crippen molar-refractivity contribution < 1.29 is 4.68 Å². The summed E-state index contributed by atoms with van der Waals surface area (Å²) in [4.78, 5) is 4.32. The van der Waals surface area contributed by atoms with Crippen molar-refractivity contribution in [1.29, 1.82) is 0 Å². The molecule has 0 atom stereocenters. The van der Waals surface area contributed by atoms with Crippen LogP contribution in [-0.2, 0) is 7.05 Å². The number of aromatic amines is 1. The molecule has 2 heterocycles.